The second-order valence-electron chi connectivity index (χ2n) is 5.93. The van der Waals surface area contributed by atoms with Crippen LogP contribution in [0.5, 0.6) is 0 Å². The van der Waals surface area contributed by atoms with Crippen molar-refractivity contribution in [3.63, 3.8) is 0 Å². The molecule has 0 spiro atoms. The normalized spacial score (nSPS) is 24.4. The van der Waals surface area contributed by atoms with Gasteiger partial charge < -0.3 is 10.2 Å². The Morgan fingerprint density at radius 2 is 2.22 bits per heavy atom. The maximum Gasteiger partial charge on any atom is 0.0230 e. The zero-order valence-electron chi connectivity index (χ0n) is 11.9. The molecule has 0 aliphatic carbocycles. The predicted molar refractivity (Wildman–Crippen MR) is 77.7 cm³/mol. The summed E-state index contributed by atoms with van der Waals surface area (Å²) in [6, 6.07) is 9.54. The summed E-state index contributed by atoms with van der Waals surface area (Å²) in [6.45, 7) is 7.94. The molecule has 1 aliphatic heterocycles. The van der Waals surface area contributed by atoms with Gasteiger partial charge in [-0.15, -0.1) is 0 Å². The predicted octanol–water partition coefficient (Wildman–Crippen LogP) is 2.81. The van der Waals surface area contributed by atoms with Gasteiger partial charge in [0, 0.05) is 19.1 Å². The van der Waals surface area contributed by atoms with Crippen LogP contribution in [0.3, 0.4) is 0 Å². The van der Waals surface area contributed by atoms with Crippen LogP contribution in [-0.4, -0.2) is 31.1 Å². The molecule has 2 heteroatoms. The minimum atomic E-state index is 0.691. The van der Waals surface area contributed by atoms with E-state index < -0.39 is 0 Å². The van der Waals surface area contributed by atoms with Gasteiger partial charge in [-0.05, 0) is 51.8 Å². The first-order chi connectivity index (χ1) is 8.63. The molecule has 2 unspecified atom stereocenters. The Morgan fingerprint density at radius 1 is 1.39 bits per heavy atom. The average Bonchev–Trinajstić information content (AvgIpc) is 2.28. The van der Waals surface area contributed by atoms with Crippen LogP contribution < -0.4 is 5.32 Å². The molecule has 0 aromatic heterocycles. The zero-order chi connectivity index (χ0) is 13.0. The smallest absolute Gasteiger partial charge is 0.0230 e. The SMILES string of the molecule is Cc1cccc(CN(C)CC2CCNC(C)C2)c1. The van der Waals surface area contributed by atoms with Gasteiger partial charge in [0.05, 0.1) is 0 Å². The van der Waals surface area contributed by atoms with Gasteiger partial charge in [-0.2, -0.15) is 0 Å². The molecule has 1 aromatic rings. The van der Waals surface area contributed by atoms with Gasteiger partial charge in [-0.25, -0.2) is 0 Å². The van der Waals surface area contributed by atoms with Crippen molar-refractivity contribution >= 4 is 0 Å². The first-order valence-corrected chi connectivity index (χ1v) is 7.11. The quantitative estimate of drug-likeness (QED) is 0.879. The van der Waals surface area contributed by atoms with E-state index in [1.54, 1.807) is 0 Å². The minimum absolute atomic E-state index is 0.691. The molecule has 18 heavy (non-hydrogen) atoms. The van der Waals surface area contributed by atoms with Gasteiger partial charge >= 0.3 is 0 Å². The highest BCUT2D eigenvalue weighted by Crippen LogP contribution is 2.18. The van der Waals surface area contributed by atoms with E-state index in [9.17, 15) is 0 Å². The lowest BCUT2D eigenvalue weighted by molar-refractivity contribution is 0.215. The van der Waals surface area contributed by atoms with E-state index in [0.29, 0.717) is 6.04 Å². The summed E-state index contributed by atoms with van der Waals surface area (Å²) in [5, 5.41) is 3.52. The number of piperidine rings is 1. The van der Waals surface area contributed by atoms with Gasteiger partial charge in [0.15, 0.2) is 0 Å². The fourth-order valence-electron chi connectivity index (χ4n) is 3.03. The Kier molecular flexibility index (Phi) is 4.79. The van der Waals surface area contributed by atoms with Gasteiger partial charge in [0.1, 0.15) is 0 Å². The molecular weight excluding hydrogens is 220 g/mol. The summed E-state index contributed by atoms with van der Waals surface area (Å²) in [5.74, 6) is 0.857. The number of rotatable bonds is 4. The minimum Gasteiger partial charge on any atom is -0.314 e. The number of hydrogen-bond acceptors (Lipinski definition) is 2. The Labute approximate surface area is 111 Å². The lowest BCUT2D eigenvalue weighted by Crippen LogP contribution is -2.39. The molecule has 1 saturated heterocycles. The lowest BCUT2D eigenvalue weighted by Gasteiger charge is -2.31. The summed E-state index contributed by atoms with van der Waals surface area (Å²) < 4.78 is 0. The first-order valence-electron chi connectivity index (χ1n) is 7.11. The molecule has 0 bridgehead atoms. The van der Waals surface area contributed by atoms with E-state index in [2.05, 4.69) is 55.4 Å². The summed E-state index contributed by atoms with van der Waals surface area (Å²) in [4.78, 5) is 2.47. The Morgan fingerprint density at radius 3 is 2.94 bits per heavy atom. The maximum absolute atomic E-state index is 3.52. The van der Waals surface area contributed by atoms with Gasteiger partial charge in [-0.3, -0.25) is 0 Å². The van der Waals surface area contributed by atoms with Gasteiger partial charge in [0.2, 0.25) is 0 Å². The largest absolute Gasteiger partial charge is 0.314 e. The molecule has 0 saturated carbocycles. The lowest BCUT2D eigenvalue weighted by atomic mass is 9.93. The standard InChI is InChI=1S/C16H26N2/c1-13-5-4-6-15(9-13)11-18(3)12-16-7-8-17-14(2)10-16/h4-6,9,14,16-17H,7-8,10-12H2,1-3H3. The van der Waals surface area contributed by atoms with Crippen LogP contribution in [0.25, 0.3) is 0 Å². The van der Waals surface area contributed by atoms with E-state index >= 15 is 0 Å². The first kappa shape index (κ1) is 13.6. The summed E-state index contributed by atoms with van der Waals surface area (Å²) in [5.41, 5.74) is 2.79. The number of benzene rings is 1. The van der Waals surface area contributed by atoms with Crippen molar-refractivity contribution in [2.75, 3.05) is 20.1 Å². The van der Waals surface area contributed by atoms with Crippen LogP contribution in [0.15, 0.2) is 24.3 Å². The molecule has 1 aliphatic rings. The second kappa shape index (κ2) is 6.35. The summed E-state index contributed by atoms with van der Waals surface area (Å²) in [6.07, 6.45) is 2.64. The third kappa shape index (κ3) is 4.11. The third-order valence-electron chi connectivity index (χ3n) is 3.84. The van der Waals surface area contributed by atoms with Crippen LogP contribution >= 0.6 is 0 Å². The van der Waals surface area contributed by atoms with E-state index in [1.165, 1.54) is 37.1 Å². The van der Waals surface area contributed by atoms with E-state index in [0.717, 1.165) is 12.5 Å². The summed E-state index contributed by atoms with van der Waals surface area (Å²) >= 11 is 0. The molecule has 1 N–H and O–H groups in total. The van der Waals surface area contributed by atoms with E-state index in [4.69, 9.17) is 0 Å². The topological polar surface area (TPSA) is 15.3 Å². The number of aryl methyl sites for hydroxylation is 1. The van der Waals surface area contributed by atoms with Crippen molar-refractivity contribution in [1.29, 1.82) is 0 Å². The Balaban J connectivity index is 1.82. The average molecular weight is 246 g/mol. The van der Waals surface area contributed by atoms with E-state index in [-0.39, 0.29) is 0 Å². The molecule has 2 atom stereocenters. The molecule has 1 heterocycles. The van der Waals surface area contributed by atoms with Crippen molar-refractivity contribution in [3.8, 4) is 0 Å². The molecule has 1 fully saturated rings. The number of hydrogen-bond donors (Lipinski definition) is 1. The number of nitrogens with zero attached hydrogens (tertiary/aromatic N) is 1. The van der Waals surface area contributed by atoms with Crippen molar-refractivity contribution in [2.24, 2.45) is 5.92 Å². The van der Waals surface area contributed by atoms with Crippen molar-refractivity contribution in [1.82, 2.24) is 10.2 Å². The van der Waals surface area contributed by atoms with Crippen molar-refractivity contribution in [3.05, 3.63) is 35.4 Å². The van der Waals surface area contributed by atoms with Crippen molar-refractivity contribution < 1.29 is 0 Å². The molecule has 2 rings (SSSR count). The highest BCUT2D eigenvalue weighted by atomic mass is 15.1. The van der Waals surface area contributed by atoms with Gasteiger partial charge in [-0.1, -0.05) is 29.8 Å². The van der Waals surface area contributed by atoms with Crippen LogP contribution in [0.2, 0.25) is 0 Å². The van der Waals surface area contributed by atoms with Crippen LogP contribution in [-0.2, 0) is 6.54 Å². The monoisotopic (exact) mass is 246 g/mol. The molecule has 0 radical (unpaired) electrons. The zero-order valence-corrected chi connectivity index (χ0v) is 11.9. The molecular formula is C16H26N2. The van der Waals surface area contributed by atoms with Gasteiger partial charge in [0.25, 0.3) is 0 Å². The molecule has 100 valence electrons. The Hall–Kier alpha value is -0.860. The highest BCUT2D eigenvalue weighted by molar-refractivity contribution is 5.21. The Bertz CT molecular complexity index is 375. The molecule has 0 amide bonds. The fraction of sp³-hybridized carbons (Fsp3) is 0.625. The molecule has 2 nitrogen and oxygen atoms in total. The fourth-order valence-corrected chi connectivity index (χ4v) is 3.03. The molecule has 1 aromatic carbocycles. The highest BCUT2D eigenvalue weighted by Gasteiger charge is 2.19. The third-order valence-corrected chi connectivity index (χ3v) is 3.84. The summed E-state index contributed by atoms with van der Waals surface area (Å²) in [7, 11) is 2.25. The van der Waals surface area contributed by atoms with Crippen molar-refractivity contribution in [2.45, 2.75) is 39.3 Å². The van der Waals surface area contributed by atoms with Crippen LogP contribution in [0.4, 0.5) is 0 Å². The van der Waals surface area contributed by atoms with E-state index in [1.807, 2.05) is 0 Å². The van der Waals surface area contributed by atoms with Crippen LogP contribution in [0, 0.1) is 12.8 Å². The second-order valence-corrected chi connectivity index (χ2v) is 5.93. The van der Waals surface area contributed by atoms with Crippen LogP contribution in [0.1, 0.15) is 30.9 Å². The number of nitrogens with one attached hydrogen (secondary N) is 1. The maximum atomic E-state index is 3.52.